The van der Waals surface area contributed by atoms with Gasteiger partial charge in [0, 0.05) is 6.54 Å². The van der Waals surface area contributed by atoms with Crippen molar-refractivity contribution in [2.45, 2.75) is 19.9 Å². The fourth-order valence-corrected chi connectivity index (χ4v) is 1.57. The Kier molecular flexibility index (Phi) is 5.80. The third-order valence-electron chi connectivity index (χ3n) is 2.07. The lowest BCUT2D eigenvalue weighted by Crippen LogP contribution is -2.23. The van der Waals surface area contributed by atoms with Crippen molar-refractivity contribution in [2.75, 3.05) is 19.8 Å². The van der Waals surface area contributed by atoms with Gasteiger partial charge in [0.1, 0.15) is 5.76 Å². The highest BCUT2D eigenvalue weighted by atomic mass is 79.9. The number of hydrogen-bond donors (Lipinski definition) is 1. The van der Waals surface area contributed by atoms with Crippen LogP contribution < -0.4 is 5.32 Å². The van der Waals surface area contributed by atoms with Crippen molar-refractivity contribution in [3.05, 3.63) is 34.7 Å². The van der Waals surface area contributed by atoms with Crippen LogP contribution in [0.15, 0.2) is 33.4 Å². The van der Waals surface area contributed by atoms with Crippen LogP contribution in [-0.2, 0) is 4.74 Å². The van der Waals surface area contributed by atoms with Crippen LogP contribution in [0, 0.1) is 0 Å². The molecule has 1 unspecified atom stereocenters. The monoisotopic (exact) mass is 287 g/mol. The molecule has 0 aliphatic heterocycles. The van der Waals surface area contributed by atoms with Crippen LogP contribution >= 0.6 is 15.9 Å². The summed E-state index contributed by atoms with van der Waals surface area (Å²) < 4.78 is 11.6. The topological polar surface area (TPSA) is 34.4 Å². The minimum Gasteiger partial charge on any atom is -0.453 e. The van der Waals surface area contributed by atoms with Crippen LogP contribution in [0.1, 0.15) is 25.6 Å². The van der Waals surface area contributed by atoms with E-state index in [0.717, 1.165) is 22.5 Å². The summed E-state index contributed by atoms with van der Waals surface area (Å²) in [7, 11) is 0. The summed E-state index contributed by atoms with van der Waals surface area (Å²) >= 11 is 3.28. The number of rotatable bonds is 7. The van der Waals surface area contributed by atoms with Crippen LogP contribution in [-0.4, -0.2) is 19.8 Å². The minimum atomic E-state index is 0.194. The third kappa shape index (κ3) is 4.96. The normalized spacial score (nSPS) is 12.7. The first-order valence-electron chi connectivity index (χ1n) is 5.30. The maximum atomic E-state index is 5.44. The van der Waals surface area contributed by atoms with Crippen LogP contribution in [0.3, 0.4) is 0 Å². The second-order valence-electron chi connectivity index (χ2n) is 3.83. The lowest BCUT2D eigenvalue weighted by molar-refractivity contribution is 0.155. The van der Waals surface area contributed by atoms with Gasteiger partial charge in [-0.2, -0.15) is 0 Å². The van der Waals surface area contributed by atoms with E-state index in [1.165, 1.54) is 0 Å². The molecule has 1 rings (SSSR count). The van der Waals surface area contributed by atoms with E-state index in [4.69, 9.17) is 9.15 Å². The summed E-state index contributed by atoms with van der Waals surface area (Å²) in [6.07, 6.45) is 0. The fraction of sp³-hybridized carbons (Fsp3) is 0.500. The van der Waals surface area contributed by atoms with Gasteiger partial charge < -0.3 is 14.5 Å². The largest absolute Gasteiger partial charge is 0.453 e. The molecule has 0 radical (unpaired) electrons. The van der Waals surface area contributed by atoms with Crippen molar-refractivity contribution in [1.29, 1.82) is 0 Å². The average Bonchev–Trinajstić information content (AvgIpc) is 2.63. The molecular weight excluding hydrogens is 270 g/mol. The van der Waals surface area contributed by atoms with Crippen LogP contribution in [0.5, 0.6) is 0 Å². The molecule has 4 heteroatoms. The maximum absolute atomic E-state index is 5.44. The third-order valence-corrected chi connectivity index (χ3v) is 2.49. The summed E-state index contributed by atoms with van der Waals surface area (Å²) in [6.45, 7) is 9.89. The molecule has 0 bridgehead atoms. The summed E-state index contributed by atoms with van der Waals surface area (Å²) in [5.74, 6) is 0.923. The standard InChI is InChI=1S/C12H18BrNO2/c1-9(2)8-15-7-6-14-10(3)11-4-5-12(13)16-11/h4-5,10,14H,1,6-8H2,2-3H3. The quantitative estimate of drug-likeness (QED) is 0.617. The molecule has 1 atom stereocenters. The van der Waals surface area contributed by atoms with Gasteiger partial charge in [-0.15, -0.1) is 0 Å². The molecule has 0 aliphatic rings. The maximum Gasteiger partial charge on any atom is 0.169 e. The zero-order valence-corrected chi connectivity index (χ0v) is 11.3. The number of ether oxygens (including phenoxy) is 1. The zero-order valence-electron chi connectivity index (χ0n) is 9.75. The van der Waals surface area contributed by atoms with E-state index in [1.807, 2.05) is 19.1 Å². The number of furan rings is 1. The highest BCUT2D eigenvalue weighted by molar-refractivity contribution is 9.10. The van der Waals surface area contributed by atoms with Gasteiger partial charge in [0.15, 0.2) is 4.67 Å². The van der Waals surface area contributed by atoms with Crippen molar-refractivity contribution in [3.63, 3.8) is 0 Å². The average molecular weight is 288 g/mol. The van der Waals surface area contributed by atoms with Gasteiger partial charge >= 0.3 is 0 Å². The van der Waals surface area contributed by atoms with E-state index in [2.05, 4.69) is 34.7 Å². The number of nitrogens with one attached hydrogen (secondary N) is 1. The molecule has 0 amide bonds. The number of hydrogen-bond acceptors (Lipinski definition) is 3. The van der Waals surface area contributed by atoms with Crippen molar-refractivity contribution >= 4 is 15.9 Å². The SMILES string of the molecule is C=C(C)COCCNC(C)c1ccc(Br)o1. The van der Waals surface area contributed by atoms with E-state index in [-0.39, 0.29) is 6.04 Å². The molecule has 0 spiro atoms. The Morgan fingerprint density at radius 3 is 2.94 bits per heavy atom. The molecule has 3 nitrogen and oxygen atoms in total. The second-order valence-corrected chi connectivity index (χ2v) is 4.61. The summed E-state index contributed by atoms with van der Waals surface area (Å²) in [5.41, 5.74) is 1.04. The van der Waals surface area contributed by atoms with Gasteiger partial charge in [0.05, 0.1) is 19.3 Å². The summed E-state index contributed by atoms with van der Waals surface area (Å²) in [6, 6.07) is 4.04. The van der Waals surface area contributed by atoms with Crippen LogP contribution in [0.4, 0.5) is 0 Å². The fourth-order valence-electron chi connectivity index (χ4n) is 1.26. The Balaban J connectivity index is 2.15. The predicted molar refractivity (Wildman–Crippen MR) is 68.5 cm³/mol. The van der Waals surface area contributed by atoms with Crippen LogP contribution in [0.2, 0.25) is 0 Å². The van der Waals surface area contributed by atoms with E-state index >= 15 is 0 Å². The molecule has 0 aromatic carbocycles. The van der Waals surface area contributed by atoms with Gasteiger partial charge in [0.25, 0.3) is 0 Å². The van der Waals surface area contributed by atoms with Gasteiger partial charge in [-0.3, -0.25) is 0 Å². The van der Waals surface area contributed by atoms with Gasteiger partial charge in [-0.1, -0.05) is 12.2 Å². The Labute approximate surface area is 105 Å². The molecule has 90 valence electrons. The minimum absolute atomic E-state index is 0.194. The molecular formula is C12H18BrNO2. The molecule has 0 aliphatic carbocycles. The lowest BCUT2D eigenvalue weighted by atomic mass is 10.2. The highest BCUT2D eigenvalue weighted by Crippen LogP contribution is 2.19. The second kappa shape index (κ2) is 6.89. The first-order chi connectivity index (χ1) is 7.59. The molecule has 16 heavy (non-hydrogen) atoms. The highest BCUT2D eigenvalue weighted by Gasteiger charge is 2.08. The zero-order chi connectivity index (χ0) is 12.0. The summed E-state index contributed by atoms with van der Waals surface area (Å²) in [5, 5.41) is 3.32. The van der Waals surface area contributed by atoms with Crippen LogP contribution in [0.25, 0.3) is 0 Å². The molecule has 1 N–H and O–H groups in total. The smallest absolute Gasteiger partial charge is 0.169 e. The van der Waals surface area contributed by atoms with E-state index in [0.29, 0.717) is 13.2 Å². The van der Waals surface area contributed by atoms with Crippen molar-refractivity contribution in [2.24, 2.45) is 0 Å². The molecule has 0 saturated carbocycles. The lowest BCUT2D eigenvalue weighted by Gasteiger charge is -2.11. The van der Waals surface area contributed by atoms with Gasteiger partial charge in [-0.05, 0) is 41.9 Å². The number of halogens is 1. The molecule has 1 aromatic heterocycles. The molecule has 0 saturated heterocycles. The van der Waals surface area contributed by atoms with Gasteiger partial charge in [-0.25, -0.2) is 0 Å². The van der Waals surface area contributed by atoms with Crippen molar-refractivity contribution in [3.8, 4) is 0 Å². The van der Waals surface area contributed by atoms with E-state index < -0.39 is 0 Å². The van der Waals surface area contributed by atoms with Crippen molar-refractivity contribution < 1.29 is 9.15 Å². The van der Waals surface area contributed by atoms with Crippen molar-refractivity contribution in [1.82, 2.24) is 5.32 Å². The predicted octanol–water partition coefficient (Wildman–Crippen LogP) is 3.29. The molecule has 1 aromatic rings. The van der Waals surface area contributed by atoms with E-state index in [1.54, 1.807) is 0 Å². The summed E-state index contributed by atoms with van der Waals surface area (Å²) in [4.78, 5) is 0. The Bertz CT molecular complexity index is 336. The first-order valence-corrected chi connectivity index (χ1v) is 6.09. The Morgan fingerprint density at radius 1 is 1.62 bits per heavy atom. The molecule has 0 fully saturated rings. The van der Waals surface area contributed by atoms with E-state index in [9.17, 15) is 0 Å². The Morgan fingerprint density at radius 2 is 2.38 bits per heavy atom. The molecule has 1 heterocycles. The Hall–Kier alpha value is -0.580. The van der Waals surface area contributed by atoms with Gasteiger partial charge in [0.2, 0.25) is 0 Å². The first kappa shape index (κ1) is 13.5.